The topological polar surface area (TPSA) is 70.1 Å². The number of anilines is 1. The van der Waals surface area contributed by atoms with Gasteiger partial charge in [-0.25, -0.2) is 13.8 Å². The summed E-state index contributed by atoms with van der Waals surface area (Å²) >= 11 is 0. The molecular weight excluding hydrogens is 494 g/mol. The Kier molecular flexibility index (Phi) is 7.91. The third-order valence-electron chi connectivity index (χ3n) is 7.98. The highest BCUT2D eigenvalue weighted by Gasteiger charge is 2.36. The molecule has 2 aromatic rings. The molecule has 7 nitrogen and oxygen atoms in total. The number of ether oxygens (including phenoxy) is 4. The zero-order chi connectivity index (χ0) is 26.7. The normalized spacial score (nSPS) is 21.8. The van der Waals surface area contributed by atoms with Crippen LogP contribution in [0.3, 0.4) is 0 Å². The highest BCUT2D eigenvalue weighted by atomic mass is 19.3. The number of esters is 1. The largest absolute Gasteiger partial charge is 0.497 e. The van der Waals surface area contributed by atoms with Crippen LogP contribution in [0.5, 0.6) is 17.4 Å². The Morgan fingerprint density at radius 3 is 2.58 bits per heavy atom. The van der Waals surface area contributed by atoms with Gasteiger partial charge in [0.25, 0.3) is 0 Å². The molecule has 1 aromatic heterocycles. The van der Waals surface area contributed by atoms with Crippen molar-refractivity contribution in [3.05, 3.63) is 41.6 Å². The summed E-state index contributed by atoms with van der Waals surface area (Å²) in [5, 5.41) is 0. The van der Waals surface area contributed by atoms with Crippen LogP contribution in [0, 0.1) is 5.92 Å². The molecule has 1 saturated carbocycles. The lowest BCUT2D eigenvalue weighted by atomic mass is 9.81. The molecule has 1 aliphatic carbocycles. The molecule has 1 saturated heterocycles. The smallest absolute Gasteiger partial charge is 0.303 e. The van der Waals surface area contributed by atoms with Crippen molar-refractivity contribution < 1.29 is 32.5 Å². The summed E-state index contributed by atoms with van der Waals surface area (Å²) in [5.74, 6) is -0.446. The van der Waals surface area contributed by atoms with Crippen molar-refractivity contribution in [3.8, 4) is 17.4 Å². The number of halogens is 2. The first-order chi connectivity index (χ1) is 18.3. The van der Waals surface area contributed by atoms with Gasteiger partial charge >= 0.3 is 5.97 Å². The first-order valence-electron chi connectivity index (χ1n) is 13.5. The highest BCUT2D eigenvalue weighted by Crippen LogP contribution is 2.45. The number of carbonyl (C=O) groups is 1. The molecule has 1 atom stereocenters. The van der Waals surface area contributed by atoms with Gasteiger partial charge in [0.2, 0.25) is 11.8 Å². The van der Waals surface area contributed by atoms with Crippen LogP contribution in [-0.2, 0) is 9.53 Å². The van der Waals surface area contributed by atoms with Crippen molar-refractivity contribution in [1.82, 2.24) is 4.98 Å². The minimum absolute atomic E-state index is 0.0486. The number of carbonyl (C=O) groups excluding carboxylic acids is 1. The molecule has 0 amide bonds. The Morgan fingerprint density at radius 1 is 1.11 bits per heavy atom. The summed E-state index contributed by atoms with van der Waals surface area (Å²) in [5.41, 5.74) is 3.04. The number of aromatic nitrogens is 1. The lowest BCUT2D eigenvalue weighted by Crippen LogP contribution is -2.36. The third kappa shape index (κ3) is 6.13. The third-order valence-corrected chi connectivity index (χ3v) is 7.98. The first kappa shape index (κ1) is 26.5. The quantitative estimate of drug-likeness (QED) is 0.403. The van der Waals surface area contributed by atoms with Crippen LogP contribution in [0.4, 0.5) is 14.5 Å². The van der Waals surface area contributed by atoms with Crippen LogP contribution in [0.15, 0.2) is 30.5 Å². The molecule has 3 heterocycles. The summed E-state index contributed by atoms with van der Waals surface area (Å²) < 4.78 is 50.2. The van der Waals surface area contributed by atoms with Gasteiger partial charge in [-0.2, -0.15) is 0 Å². The summed E-state index contributed by atoms with van der Waals surface area (Å²) in [4.78, 5) is 18.2. The lowest BCUT2D eigenvalue weighted by molar-refractivity contribution is -0.148. The number of benzene rings is 1. The van der Waals surface area contributed by atoms with Gasteiger partial charge in [0.15, 0.2) is 0 Å². The van der Waals surface area contributed by atoms with Crippen LogP contribution < -0.4 is 19.1 Å². The van der Waals surface area contributed by atoms with Gasteiger partial charge < -0.3 is 23.8 Å². The highest BCUT2D eigenvalue weighted by molar-refractivity contribution is 5.66. The fourth-order valence-corrected chi connectivity index (χ4v) is 5.81. The number of piperidine rings is 1. The number of rotatable bonds is 7. The van der Waals surface area contributed by atoms with E-state index in [0.717, 1.165) is 48.5 Å². The van der Waals surface area contributed by atoms with Crippen molar-refractivity contribution in [3.63, 3.8) is 0 Å². The molecule has 0 radical (unpaired) electrons. The molecule has 206 valence electrons. The summed E-state index contributed by atoms with van der Waals surface area (Å²) in [6.07, 6.45) is 4.70. The first-order valence-corrected chi connectivity index (χ1v) is 13.5. The fraction of sp³-hybridized carbons (Fsp3) is 0.586. The lowest BCUT2D eigenvalue weighted by Gasteiger charge is -2.37. The second-order valence-electron chi connectivity index (χ2n) is 10.6. The van der Waals surface area contributed by atoms with E-state index in [1.807, 2.05) is 12.1 Å². The van der Waals surface area contributed by atoms with Crippen LogP contribution in [0.2, 0.25) is 0 Å². The molecule has 1 aromatic carbocycles. The van der Waals surface area contributed by atoms with Crippen LogP contribution in [0.1, 0.15) is 75.0 Å². The molecular formula is C29H36F2N2O5. The van der Waals surface area contributed by atoms with Crippen molar-refractivity contribution in [2.75, 3.05) is 38.3 Å². The average Bonchev–Trinajstić information content (AvgIpc) is 2.92. The van der Waals surface area contributed by atoms with E-state index in [1.165, 1.54) is 6.92 Å². The van der Waals surface area contributed by atoms with Crippen molar-refractivity contribution in [1.29, 1.82) is 0 Å². The van der Waals surface area contributed by atoms with E-state index < -0.39 is 5.92 Å². The van der Waals surface area contributed by atoms with Crippen LogP contribution >= 0.6 is 0 Å². The molecule has 0 bridgehead atoms. The number of fused-ring (bicyclic) bond motifs is 1. The van der Waals surface area contributed by atoms with E-state index >= 15 is 0 Å². The molecule has 0 N–H and O–H groups in total. The predicted molar refractivity (Wildman–Crippen MR) is 138 cm³/mol. The minimum Gasteiger partial charge on any atom is -0.497 e. The van der Waals surface area contributed by atoms with Gasteiger partial charge in [0.1, 0.15) is 17.6 Å². The molecule has 1 unspecified atom stereocenters. The van der Waals surface area contributed by atoms with Crippen LogP contribution in [0.25, 0.3) is 0 Å². The van der Waals surface area contributed by atoms with Gasteiger partial charge in [-0.15, -0.1) is 0 Å². The van der Waals surface area contributed by atoms with E-state index in [4.69, 9.17) is 18.9 Å². The monoisotopic (exact) mass is 530 g/mol. The Labute approximate surface area is 222 Å². The SMILES string of the molecule is COc1ccc(C2CCC(F)(F)CC2)c(N2CCC(COc3cc4c(cn3)OCCC4OC(C)=O)CC2)c1. The minimum atomic E-state index is -2.54. The Balaban J connectivity index is 1.20. The maximum Gasteiger partial charge on any atom is 0.303 e. The molecule has 5 rings (SSSR count). The number of nitrogens with zero attached hydrogens (tertiary/aromatic N) is 2. The zero-order valence-electron chi connectivity index (χ0n) is 22.1. The number of hydrogen-bond donors (Lipinski definition) is 0. The molecule has 9 heteroatoms. The summed E-state index contributed by atoms with van der Waals surface area (Å²) in [6.45, 7) is 4.14. The van der Waals surface area contributed by atoms with Crippen molar-refractivity contribution >= 4 is 11.7 Å². The van der Waals surface area contributed by atoms with Crippen molar-refractivity contribution in [2.45, 2.75) is 69.8 Å². The fourth-order valence-electron chi connectivity index (χ4n) is 5.81. The molecule has 3 aliphatic rings. The average molecular weight is 531 g/mol. The van der Waals surface area contributed by atoms with Gasteiger partial charge in [-0.3, -0.25) is 4.79 Å². The van der Waals surface area contributed by atoms with E-state index in [-0.39, 0.29) is 30.8 Å². The summed E-state index contributed by atoms with van der Waals surface area (Å²) in [6, 6.07) is 7.87. The second-order valence-corrected chi connectivity index (χ2v) is 10.6. The predicted octanol–water partition coefficient (Wildman–Crippen LogP) is 6.07. The van der Waals surface area contributed by atoms with Gasteiger partial charge in [-0.1, -0.05) is 6.07 Å². The molecule has 0 spiro atoms. The number of hydrogen-bond acceptors (Lipinski definition) is 7. The maximum atomic E-state index is 13.8. The van der Waals surface area contributed by atoms with E-state index in [9.17, 15) is 13.6 Å². The van der Waals surface area contributed by atoms with Gasteiger partial charge in [-0.05, 0) is 49.1 Å². The van der Waals surface area contributed by atoms with E-state index in [0.29, 0.717) is 50.0 Å². The summed E-state index contributed by atoms with van der Waals surface area (Å²) in [7, 11) is 1.65. The Morgan fingerprint density at radius 2 is 1.87 bits per heavy atom. The Hall–Kier alpha value is -3.10. The van der Waals surface area contributed by atoms with Crippen molar-refractivity contribution in [2.24, 2.45) is 5.92 Å². The Bertz CT molecular complexity index is 1130. The van der Waals surface area contributed by atoms with E-state index in [1.54, 1.807) is 13.3 Å². The number of pyridine rings is 1. The number of alkyl halides is 2. The van der Waals surface area contributed by atoms with Gasteiger partial charge in [0, 0.05) is 62.7 Å². The second kappa shape index (κ2) is 11.3. The maximum absolute atomic E-state index is 13.8. The molecule has 38 heavy (non-hydrogen) atoms. The number of methoxy groups -OCH3 is 1. The zero-order valence-corrected chi connectivity index (χ0v) is 22.1. The van der Waals surface area contributed by atoms with Crippen LogP contribution in [-0.4, -0.2) is 50.3 Å². The molecule has 2 aliphatic heterocycles. The van der Waals surface area contributed by atoms with Gasteiger partial charge in [0.05, 0.1) is 26.5 Å². The standard InChI is InChI=1S/C29H36F2N2O5/c1-19(34)38-26-9-14-36-27-17-32-28(16-24(26)27)37-18-20-7-12-33(13-8-20)25-15-22(35-2)3-4-23(25)21-5-10-29(30,31)11-6-21/h3-4,15-17,20-21,26H,5-14,18H2,1-2H3. The van der Waals surface area contributed by atoms with E-state index in [2.05, 4.69) is 22.0 Å². The molecule has 2 fully saturated rings.